The third-order valence-electron chi connectivity index (χ3n) is 17.5. The second kappa shape index (κ2) is 37.9. The van der Waals surface area contributed by atoms with Crippen LogP contribution in [0, 0.1) is 48.3 Å². The van der Waals surface area contributed by atoms with Crippen LogP contribution in [0.4, 0.5) is 0 Å². The number of allylic oxidation sites excluding steroid dienone is 4. The number of fused-ring (bicyclic) bond motifs is 3. The first-order valence-electron chi connectivity index (χ1n) is 34.1. The molecule has 93 heavy (non-hydrogen) atoms. The lowest BCUT2D eigenvalue weighted by Gasteiger charge is -2.38. The maximum Gasteiger partial charge on any atom is 0.336 e. The molecule has 0 bridgehead atoms. The molecule has 9 rings (SSSR count). The van der Waals surface area contributed by atoms with Crippen LogP contribution in [0.1, 0.15) is 224 Å². The van der Waals surface area contributed by atoms with Crippen LogP contribution < -0.4 is 31.3 Å². The van der Waals surface area contributed by atoms with Crippen LogP contribution in [0.5, 0.6) is 5.75 Å². The number of ether oxygens (including phenoxy) is 1. The largest absolute Gasteiger partial charge is 0.744 e. The van der Waals surface area contributed by atoms with E-state index in [0.29, 0.717) is 34.5 Å². The lowest BCUT2D eigenvalue weighted by molar-refractivity contribution is -0.450. The summed E-state index contributed by atoms with van der Waals surface area (Å²) in [5.41, 5.74) is 7.70. The number of nitrogens with one attached hydrogen (secondary N) is 3. The number of carboxylic acids is 1. The van der Waals surface area contributed by atoms with Gasteiger partial charge in [0.05, 0.1) is 5.56 Å². The smallest absolute Gasteiger partial charge is 0.336 e. The van der Waals surface area contributed by atoms with Gasteiger partial charge in [0, 0.05) is 80.8 Å². The molecule has 0 spiro atoms. The van der Waals surface area contributed by atoms with Crippen LogP contribution in [0.2, 0.25) is 13.6 Å². The molecule has 3 fully saturated rings. The lowest BCUT2D eigenvalue weighted by atomic mass is 9.64. The number of benzene rings is 4. The fourth-order valence-electron chi connectivity index (χ4n) is 12.5. The topological polar surface area (TPSA) is 233 Å². The molecule has 0 aromatic heterocycles. The number of ketones is 2. The number of carbonyl (C=O) groups is 4. The quantitative estimate of drug-likeness (QED) is 0.0348. The van der Waals surface area contributed by atoms with Gasteiger partial charge in [0.1, 0.15) is 28.2 Å². The number of amides is 1. The zero-order valence-corrected chi connectivity index (χ0v) is 60.4. The standard InChI is InChI=1S/C30H33NO7S.C11H16BNO2.C11H15BO2.C11H22.C10H17NS.C2H6/c1-6-8-18-15-25-23(13-17(18)5)26(20-10-9-19(27(32)16(3)4)14-22(20)30(33)34)21-11-12-24(31-7-2)29(28(21)38-25)39(35,36)37;1-8(2)13-11(14)9-4-6-10(7-5-9)12(3)15;1-8(2)11(13)9-4-6-10(7-5-9)12(3)14;1-10(2)11-8-6-4-3-5-7-9-11;1-6(2)10-8-4-7(3)11-9(8)5-12-10;1-2/h9-16,21,26H,6-8H2,1-5H3,(H,33,34)(H,35,36,37);4-8,15H,1-3H3,(H,13,14);4-8,14H,1-3H3;10-11H,3-9H2,1-2H3;6,8-11H,3-5H2,1-2H3;1-2H3. The van der Waals surface area contributed by atoms with Crippen molar-refractivity contribution in [2.45, 2.75) is 205 Å². The molecular formula is C75H109B2N3O11S2. The maximum absolute atomic E-state index is 12.7. The summed E-state index contributed by atoms with van der Waals surface area (Å²) in [6.45, 7) is 37.1. The lowest BCUT2D eigenvalue weighted by Crippen LogP contribution is -2.73. The van der Waals surface area contributed by atoms with E-state index in [4.69, 9.17) is 4.74 Å². The number of rotatable bonds is 16. The molecule has 1 amide bonds. The Bertz CT molecular complexity index is 3330. The summed E-state index contributed by atoms with van der Waals surface area (Å²) in [5.74, 6) is 2.20. The minimum Gasteiger partial charge on any atom is -0.744 e. The highest BCUT2D eigenvalue weighted by atomic mass is 32.2. The number of Topliss-reactive ketones (excluding diaryl/α,β-unsaturated/α-hetero) is 2. The van der Waals surface area contributed by atoms with E-state index in [1.807, 2.05) is 67.5 Å². The highest BCUT2D eigenvalue weighted by Gasteiger charge is 2.44. The van der Waals surface area contributed by atoms with Gasteiger partial charge in [-0.05, 0) is 116 Å². The minimum atomic E-state index is -4.97. The van der Waals surface area contributed by atoms with Gasteiger partial charge in [-0.15, -0.1) is 0 Å². The fraction of sp³-hybridized carbons (Fsp3) is 0.533. The molecule has 4 aromatic rings. The van der Waals surface area contributed by atoms with Crippen molar-refractivity contribution in [2.75, 3.05) is 12.3 Å². The van der Waals surface area contributed by atoms with Crippen LogP contribution in [-0.2, 0) is 16.5 Å². The van der Waals surface area contributed by atoms with Crippen LogP contribution >= 0.6 is 11.8 Å². The van der Waals surface area contributed by atoms with Crippen molar-refractivity contribution < 1.29 is 57.0 Å². The van der Waals surface area contributed by atoms with E-state index in [1.54, 1.807) is 107 Å². The van der Waals surface area contributed by atoms with E-state index in [9.17, 15) is 47.3 Å². The van der Waals surface area contributed by atoms with Gasteiger partial charge in [-0.3, -0.25) is 14.4 Å². The summed E-state index contributed by atoms with van der Waals surface area (Å²) in [4.78, 5) is 50.8. The highest BCUT2D eigenvalue weighted by Crippen LogP contribution is 2.51. The molecule has 5 atom stereocenters. The normalized spacial score (nSPS) is 19.4. The van der Waals surface area contributed by atoms with Crippen molar-refractivity contribution in [3.63, 3.8) is 0 Å². The van der Waals surface area contributed by atoms with Crippen LogP contribution in [0.25, 0.3) is 0 Å². The van der Waals surface area contributed by atoms with E-state index >= 15 is 0 Å². The summed E-state index contributed by atoms with van der Waals surface area (Å²) < 4.78 is 43.9. The number of thioether (sulfide) groups is 1. The molecule has 5 unspecified atom stereocenters. The predicted octanol–water partition coefficient (Wildman–Crippen LogP) is 12.8. The Morgan fingerprint density at radius 1 is 0.763 bits per heavy atom. The van der Waals surface area contributed by atoms with Crippen molar-refractivity contribution in [3.05, 3.63) is 158 Å². The van der Waals surface area contributed by atoms with Gasteiger partial charge < -0.3 is 35.1 Å². The monoisotopic (exact) mass is 1310 g/mol. The van der Waals surface area contributed by atoms with Crippen LogP contribution in [-0.4, -0.2) is 101 Å². The molecule has 3 aliphatic heterocycles. The van der Waals surface area contributed by atoms with Gasteiger partial charge in [-0.25, -0.2) is 18.2 Å². The number of aromatic carboxylic acids is 1. The second-order valence-electron chi connectivity index (χ2n) is 26.6. The van der Waals surface area contributed by atoms with E-state index < -0.39 is 46.7 Å². The summed E-state index contributed by atoms with van der Waals surface area (Å²) in [7, 11) is -4.97. The third kappa shape index (κ3) is 22.8. The Balaban J connectivity index is 0.000000279. The fourth-order valence-corrected chi connectivity index (χ4v) is 15.0. The SMILES string of the molecule is C=C1CC2C(CSC2C(C)C)N1.CB(O)c1ccc(C(=O)C(C)C)cc1.CB(O)c1ccc(C(=O)NC(C)C)cc1.CC.CC(C)C1CCCCCCC1.CCCc1cc2c(cc1C)C(c1ccc(C(=O)C(C)C)cc1C(=O)O)C1C=CC(=[NH+]CC)C(S(=O)(=O)[O-])=C1O2. The zero-order chi connectivity index (χ0) is 69.6. The first-order valence-corrected chi connectivity index (χ1v) is 36.5. The molecule has 14 nitrogen and oxygen atoms in total. The van der Waals surface area contributed by atoms with E-state index in [0.717, 1.165) is 69.9 Å². The maximum atomic E-state index is 12.7. The summed E-state index contributed by atoms with van der Waals surface area (Å²) in [6.07, 6.45) is 16.6. The molecule has 6 N–H and O–H groups in total. The molecule has 4 aromatic carbocycles. The molecular weight excluding hydrogens is 1200 g/mol. The van der Waals surface area contributed by atoms with Gasteiger partial charge in [0.25, 0.3) is 5.91 Å². The Morgan fingerprint density at radius 2 is 1.30 bits per heavy atom. The summed E-state index contributed by atoms with van der Waals surface area (Å²) in [5, 5.41) is 35.9. The van der Waals surface area contributed by atoms with Crippen LogP contribution in [0.15, 0.2) is 114 Å². The summed E-state index contributed by atoms with van der Waals surface area (Å²) >= 11 is 2.14. The van der Waals surface area contributed by atoms with Gasteiger partial charge in [-0.2, -0.15) is 11.8 Å². The van der Waals surface area contributed by atoms with Gasteiger partial charge in [-0.1, -0.05) is 208 Å². The molecule has 3 heterocycles. The van der Waals surface area contributed by atoms with Crippen molar-refractivity contribution in [3.8, 4) is 5.75 Å². The summed E-state index contributed by atoms with van der Waals surface area (Å²) in [6, 6.07) is 23.4. The van der Waals surface area contributed by atoms with Gasteiger partial charge >= 0.3 is 19.8 Å². The van der Waals surface area contributed by atoms with Crippen molar-refractivity contribution in [2.24, 2.45) is 41.4 Å². The number of hydrogen-bond donors (Lipinski definition) is 6. The molecule has 18 heteroatoms. The minimum absolute atomic E-state index is 0.0207. The number of aryl methyl sites for hydroxylation is 2. The molecule has 0 radical (unpaired) electrons. The Morgan fingerprint density at radius 3 is 1.78 bits per heavy atom. The average Bonchev–Trinajstić information content (AvgIpc) is 1.30. The molecule has 5 aliphatic rings. The first-order chi connectivity index (χ1) is 43.9. The molecule has 2 aliphatic carbocycles. The molecule has 508 valence electrons. The van der Waals surface area contributed by atoms with Crippen molar-refractivity contribution in [1.29, 1.82) is 0 Å². The van der Waals surface area contributed by atoms with Crippen molar-refractivity contribution in [1.82, 2.24) is 10.6 Å². The zero-order valence-electron chi connectivity index (χ0n) is 58.8. The second-order valence-corrected chi connectivity index (χ2v) is 29.1. The van der Waals surface area contributed by atoms with E-state index in [-0.39, 0.29) is 57.9 Å². The number of hydrogen-bond acceptors (Lipinski definition) is 12. The van der Waals surface area contributed by atoms with E-state index in [2.05, 4.69) is 61.7 Å². The Hall–Kier alpha value is -6.04. The van der Waals surface area contributed by atoms with Crippen molar-refractivity contribution >= 4 is 75.8 Å². The Labute approximate surface area is 563 Å². The van der Waals surface area contributed by atoms with Gasteiger partial charge in [0.15, 0.2) is 16.5 Å². The predicted molar refractivity (Wildman–Crippen MR) is 385 cm³/mol. The number of carbonyl (C=O) groups excluding carboxylic acids is 3. The molecule has 2 saturated heterocycles. The highest BCUT2D eigenvalue weighted by molar-refractivity contribution is 8.00. The average molecular weight is 1310 g/mol. The first kappa shape index (κ1) is 79.4. The Kier molecular flexibility index (Phi) is 32.4. The van der Waals surface area contributed by atoms with Gasteiger partial charge in [0.2, 0.25) is 5.71 Å². The molecule has 1 saturated carbocycles. The van der Waals surface area contributed by atoms with Crippen LogP contribution in [0.3, 0.4) is 0 Å². The third-order valence-corrected chi connectivity index (χ3v) is 20.2. The number of carboxylic acid groups (broad SMARTS) is 1. The van der Waals surface area contributed by atoms with E-state index in [1.165, 1.54) is 68.9 Å².